The van der Waals surface area contributed by atoms with Gasteiger partial charge in [0.2, 0.25) is 5.91 Å². The highest BCUT2D eigenvalue weighted by Crippen LogP contribution is 2.16. The van der Waals surface area contributed by atoms with Gasteiger partial charge in [0.05, 0.1) is 6.10 Å². The van der Waals surface area contributed by atoms with E-state index in [1.54, 1.807) is 24.3 Å². The van der Waals surface area contributed by atoms with Crippen LogP contribution in [0.3, 0.4) is 0 Å². The van der Waals surface area contributed by atoms with Crippen LogP contribution < -0.4 is 5.32 Å². The fraction of sp³-hybridized carbons (Fsp3) is 0.167. The largest absolute Gasteiger partial charge is 0.387 e. The Labute approximate surface area is 139 Å². The van der Waals surface area contributed by atoms with Crippen LogP contribution in [0.1, 0.15) is 11.7 Å². The van der Waals surface area contributed by atoms with E-state index < -0.39 is 6.10 Å². The molecule has 0 spiro atoms. The van der Waals surface area contributed by atoms with Gasteiger partial charge in [0, 0.05) is 23.3 Å². The van der Waals surface area contributed by atoms with E-state index in [4.69, 9.17) is 11.6 Å². The van der Waals surface area contributed by atoms with Crippen molar-refractivity contribution >= 4 is 28.4 Å². The number of aromatic nitrogens is 1. The third-order valence-electron chi connectivity index (χ3n) is 3.74. The molecule has 0 radical (unpaired) electrons. The molecule has 3 rings (SSSR count). The first kappa shape index (κ1) is 15.6. The summed E-state index contributed by atoms with van der Waals surface area (Å²) in [6.45, 7) is 0.389. The van der Waals surface area contributed by atoms with Crippen molar-refractivity contribution in [3.63, 3.8) is 0 Å². The number of benzene rings is 2. The molecule has 1 atom stereocenters. The fourth-order valence-electron chi connectivity index (χ4n) is 2.50. The van der Waals surface area contributed by atoms with Crippen LogP contribution in [0.15, 0.2) is 60.8 Å². The molecule has 5 heteroatoms. The lowest BCUT2D eigenvalue weighted by Crippen LogP contribution is -2.31. The number of carbonyl (C=O) groups excluding carboxylic acids is 1. The van der Waals surface area contributed by atoms with Crippen molar-refractivity contribution in [1.82, 2.24) is 9.88 Å². The topological polar surface area (TPSA) is 54.3 Å². The molecule has 0 aliphatic rings. The van der Waals surface area contributed by atoms with E-state index in [0.29, 0.717) is 5.02 Å². The Morgan fingerprint density at radius 1 is 1.13 bits per heavy atom. The average Bonchev–Trinajstić information content (AvgIpc) is 2.96. The molecule has 4 nitrogen and oxygen atoms in total. The second kappa shape index (κ2) is 6.86. The molecule has 0 fully saturated rings. The summed E-state index contributed by atoms with van der Waals surface area (Å²) in [6.07, 6.45) is 1.14. The van der Waals surface area contributed by atoms with Gasteiger partial charge in [-0.15, -0.1) is 0 Å². The molecule has 2 N–H and O–H groups in total. The van der Waals surface area contributed by atoms with E-state index in [1.165, 1.54) is 0 Å². The van der Waals surface area contributed by atoms with Crippen LogP contribution in [0.2, 0.25) is 5.02 Å². The van der Waals surface area contributed by atoms with E-state index in [0.717, 1.165) is 16.5 Å². The molecule has 2 aromatic carbocycles. The quantitative estimate of drug-likeness (QED) is 0.756. The number of halogens is 1. The maximum absolute atomic E-state index is 12.1. The molecule has 118 valence electrons. The molecule has 0 bridgehead atoms. The van der Waals surface area contributed by atoms with Crippen molar-refractivity contribution in [2.24, 2.45) is 0 Å². The predicted octanol–water partition coefficient (Wildman–Crippen LogP) is 3.14. The number of hydrogen-bond donors (Lipinski definition) is 2. The number of rotatable bonds is 5. The molecule has 0 aliphatic carbocycles. The summed E-state index contributed by atoms with van der Waals surface area (Å²) in [4.78, 5) is 12.1. The minimum atomic E-state index is -0.752. The van der Waals surface area contributed by atoms with Gasteiger partial charge in [-0.2, -0.15) is 0 Å². The van der Waals surface area contributed by atoms with E-state index in [2.05, 4.69) is 5.32 Å². The number of nitrogens with zero attached hydrogens (tertiary/aromatic N) is 1. The van der Waals surface area contributed by atoms with E-state index in [9.17, 15) is 9.90 Å². The summed E-state index contributed by atoms with van der Waals surface area (Å²) < 4.78 is 1.89. The van der Waals surface area contributed by atoms with Crippen LogP contribution in [0.4, 0.5) is 0 Å². The highest BCUT2D eigenvalue weighted by Gasteiger charge is 2.10. The van der Waals surface area contributed by atoms with Crippen molar-refractivity contribution in [3.8, 4) is 0 Å². The fourth-order valence-corrected chi connectivity index (χ4v) is 2.63. The summed E-state index contributed by atoms with van der Waals surface area (Å²) in [5.74, 6) is -0.139. The lowest BCUT2D eigenvalue weighted by atomic mass is 10.1. The van der Waals surface area contributed by atoms with Crippen molar-refractivity contribution in [3.05, 3.63) is 71.4 Å². The van der Waals surface area contributed by atoms with Crippen molar-refractivity contribution in [2.75, 3.05) is 6.54 Å². The molecule has 0 aliphatic heterocycles. The summed E-state index contributed by atoms with van der Waals surface area (Å²) >= 11 is 5.82. The van der Waals surface area contributed by atoms with Gasteiger partial charge < -0.3 is 15.0 Å². The van der Waals surface area contributed by atoms with Gasteiger partial charge >= 0.3 is 0 Å². The van der Waals surface area contributed by atoms with E-state index in [-0.39, 0.29) is 19.0 Å². The first-order valence-corrected chi connectivity index (χ1v) is 7.75. The van der Waals surface area contributed by atoms with Gasteiger partial charge in [-0.3, -0.25) is 4.79 Å². The Hall–Kier alpha value is -2.30. The van der Waals surface area contributed by atoms with Crippen LogP contribution in [-0.4, -0.2) is 22.1 Å². The van der Waals surface area contributed by atoms with Crippen LogP contribution in [0.25, 0.3) is 10.9 Å². The molecule has 0 saturated carbocycles. The minimum absolute atomic E-state index is 0.139. The zero-order chi connectivity index (χ0) is 16.2. The maximum atomic E-state index is 12.1. The van der Waals surface area contributed by atoms with Crippen LogP contribution in [0, 0.1) is 0 Å². The summed E-state index contributed by atoms with van der Waals surface area (Å²) in [5.41, 5.74) is 1.74. The monoisotopic (exact) mass is 328 g/mol. The summed E-state index contributed by atoms with van der Waals surface area (Å²) in [7, 11) is 0. The number of carbonyl (C=O) groups is 1. The Bertz CT molecular complexity index is 811. The Morgan fingerprint density at radius 2 is 1.87 bits per heavy atom. The number of aliphatic hydroxyl groups excluding tert-OH is 1. The molecule has 1 aromatic heterocycles. The standard InChI is InChI=1S/C18H17ClN2O2/c19-15-7-5-14(6-8-15)17(22)11-20-18(23)12-21-10-9-13-3-1-2-4-16(13)21/h1-10,17,22H,11-12H2,(H,20,23). The smallest absolute Gasteiger partial charge is 0.240 e. The number of aliphatic hydroxyl groups is 1. The average molecular weight is 329 g/mol. The predicted molar refractivity (Wildman–Crippen MR) is 91.4 cm³/mol. The summed E-state index contributed by atoms with van der Waals surface area (Å²) in [5, 5.41) is 14.6. The lowest BCUT2D eigenvalue weighted by Gasteiger charge is -2.13. The normalized spacial score (nSPS) is 12.3. The molecule has 1 amide bonds. The van der Waals surface area contributed by atoms with E-state index in [1.807, 2.05) is 41.1 Å². The molecule has 1 unspecified atom stereocenters. The molecule has 3 aromatic rings. The molecule has 23 heavy (non-hydrogen) atoms. The first-order valence-electron chi connectivity index (χ1n) is 7.37. The van der Waals surface area contributed by atoms with Crippen molar-refractivity contribution in [2.45, 2.75) is 12.6 Å². The molecule has 1 heterocycles. The highest BCUT2D eigenvalue weighted by atomic mass is 35.5. The number of amides is 1. The highest BCUT2D eigenvalue weighted by molar-refractivity contribution is 6.30. The maximum Gasteiger partial charge on any atom is 0.240 e. The Balaban J connectivity index is 1.58. The van der Waals surface area contributed by atoms with Gasteiger partial charge in [0.15, 0.2) is 0 Å². The van der Waals surface area contributed by atoms with Crippen LogP contribution >= 0.6 is 11.6 Å². The molecular weight excluding hydrogens is 312 g/mol. The van der Waals surface area contributed by atoms with Gasteiger partial charge in [0.25, 0.3) is 0 Å². The number of hydrogen-bond acceptors (Lipinski definition) is 2. The minimum Gasteiger partial charge on any atom is -0.387 e. The van der Waals surface area contributed by atoms with Gasteiger partial charge in [-0.05, 0) is 35.2 Å². The SMILES string of the molecule is O=C(Cn1ccc2ccccc21)NCC(O)c1ccc(Cl)cc1. The van der Waals surface area contributed by atoms with E-state index >= 15 is 0 Å². The Morgan fingerprint density at radius 3 is 2.65 bits per heavy atom. The Kier molecular flexibility index (Phi) is 4.65. The zero-order valence-electron chi connectivity index (χ0n) is 12.4. The number of fused-ring (bicyclic) bond motifs is 1. The number of nitrogens with one attached hydrogen (secondary N) is 1. The number of para-hydroxylation sites is 1. The molecular formula is C18H17ClN2O2. The van der Waals surface area contributed by atoms with Crippen molar-refractivity contribution in [1.29, 1.82) is 0 Å². The first-order chi connectivity index (χ1) is 11.1. The second-order valence-corrected chi connectivity index (χ2v) is 5.81. The van der Waals surface area contributed by atoms with Crippen LogP contribution in [-0.2, 0) is 11.3 Å². The third-order valence-corrected chi connectivity index (χ3v) is 3.99. The van der Waals surface area contributed by atoms with Gasteiger partial charge in [-0.1, -0.05) is 41.9 Å². The van der Waals surface area contributed by atoms with Gasteiger partial charge in [-0.25, -0.2) is 0 Å². The van der Waals surface area contributed by atoms with Crippen molar-refractivity contribution < 1.29 is 9.90 Å². The van der Waals surface area contributed by atoms with Gasteiger partial charge in [0.1, 0.15) is 6.54 Å². The summed E-state index contributed by atoms with van der Waals surface area (Å²) in [6, 6.07) is 16.8. The van der Waals surface area contributed by atoms with Crippen LogP contribution in [0.5, 0.6) is 0 Å². The zero-order valence-corrected chi connectivity index (χ0v) is 13.2. The second-order valence-electron chi connectivity index (χ2n) is 5.37. The molecule has 0 saturated heterocycles. The lowest BCUT2D eigenvalue weighted by molar-refractivity contribution is -0.122. The third kappa shape index (κ3) is 3.73.